The molecule has 3 heterocycles. The Kier molecular flexibility index (Phi) is 2.87. The summed E-state index contributed by atoms with van der Waals surface area (Å²) in [5.41, 5.74) is 0.735. The van der Waals surface area contributed by atoms with Crippen LogP contribution in [0.1, 0.15) is 23.3 Å². The van der Waals surface area contributed by atoms with Crippen LogP contribution >= 0.6 is 0 Å². The molecule has 5 heteroatoms. The summed E-state index contributed by atoms with van der Waals surface area (Å²) in [4.78, 5) is 14.2. The van der Waals surface area contributed by atoms with Crippen LogP contribution < -0.4 is 0 Å². The molecule has 0 N–H and O–H groups in total. The topological polar surface area (TPSA) is 43.7 Å². The van der Waals surface area contributed by atoms with Crippen molar-refractivity contribution in [1.29, 1.82) is 0 Å². The van der Waals surface area contributed by atoms with Crippen LogP contribution in [0.15, 0.2) is 18.3 Å². The lowest BCUT2D eigenvalue weighted by Crippen LogP contribution is -2.47. The van der Waals surface area contributed by atoms with E-state index in [2.05, 4.69) is 0 Å². The minimum atomic E-state index is -0.412. The standard InChI is InChI=1S/C13H18N2O3/c1-14-6-2-3-11(14)12(16)15-7-4-13(5-8-15)17-9-10-18-13/h2-3,6H,4-5,7-10H2,1H3. The number of hydrogen-bond donors (Lipinski definition) is 0. The smallest absolute Gasteiger partial charge is 0.270 e. The lowest BCUT2D eigenvalue weighted by molar-refractivity contribution is -0.181. The maximum atomic E-state index is 12.3. The summed E-state index contributed by atoms with van der Waals surface area (Å²) in [6.07, 6.45) is 3.42. The van der Waals surface area contributed by atoms with Crippen LogP contribution in [0.5, 0.6) is 0 Å². The van der Waals surface area contributed by atoms with Crippen molar-refractivity contribution in [3.8, 4) is 0 Å². The van der Waals surface area contributed by atoms with Crippen LogP contribution in [0.25, 0.3) is 0 Å². The van der Waals surface area contributed by atoms with Crippen molar-refractivity contribution < 1.29 is 14.3 Å². The van der Waals surface area contributed by atoms with Crippen LogP contribution in [-0.4, -0.2) is 47.5 Å². The van der Waals surface area contributed by atoms with E-state index in [0.29, 0.717) is 26.3 Å². The van der Waals surface area contributed by atoms with Crippen molar-refractivity contribution in [3.63, 3.8) is 0 Å². The molecule has 18 heavy (non-hydrogen) atoms. The van der Waals surface area contributed by atoms with Crippen molar-refractivity contribution >= 4 is 5.91 Å². The average molecular weight is 250 g/mol. The Morgan fingerprint density at radius 2 is 1.94 bits per heavy atom. The molecule has 0 saturated carbocycles. The molecule has 0 bridgehead atoms. The zero-order valence-electron chi connectivity index (χ0n) is 10.6. The molecule has 1 aromatic heterocycles. The predicted molar refractivity (Wildman–Crippen MR) is 65.2 cm³/mol. The van der Waals surface area contributed by atoms with Crippen LogP contribution in [0.3, 0.4) is 0 Å². The first-order valence-corrected chi connectivity index (χ1v) is 6.39. The van der Waals surface area contributed by atoms with Gasteiger partial charge in [-0.1, -0.05) is 0 Å². The summed E-state index contributed by atoms with van der Waals surface area (Å²) in [6.45, 7) is 2.74. The highest BCUT2D eigenvalue weighted by molar-refractivity contribution is 5.92. The third-order valence-corrected chi connectivity index (χ3v) is 3.79. The molecule has 2 aliphatic heterocycles. The lowest BCUT2D eigenvalue weighted by Gasteiger charge is -2.37. The maximum absolute atomic E-state index is 12.3. The second-order valence-electron chi connectivity index (χ2n) is 4.90. The highest BCUT2D eigenvalue weighted by Gasteiger charge is 2.41. The van der Waals surface area contributed by atoms with Gasteiger partial charge in [-0.25, -0.2) is 0 Å². The summed E-state index contributed by atoms with van der Waals surface area (Å²) in [7, 11) is 1.89. The number of hydrogen-bond acceptors (Lipinski definition) is 3. The van der Waals surface area contributed by atoms with Crippen molar-refractivity contribution in [3.05, 3.63) is 24.0 Å². The fourth-order valence-corrected chi connectivity index (χ4v) is 2.68. The van der Waals surface area contributed by atoms with Crippen LogP contribution in [-0.2, 0) is 16.5 Å². The molecule has 2 fully saturated rings. The molecule has 0 unspecified atom stereocenters. The van der Waals surface area contributed by atoms with Gasteiger partial charge in [0.25, 0.3) is 5.91 Å². The second-order valence-corrected chi connectivity index (χ2v) is 4.90. The Balaban J connectivity index is 1.66. The monoisotopic (exact) mass is 250 g/mol. The fourth-order valence-electron chi connectivity index (χ4n) is 2.68. The van der Waals surface area contributed by atoms with E-state index in [9.17, 15) is 4.79 Å². The summed E-state index contributed by atoms with van der Waals surface area (Å²) in [6, 6.07) is 3.75. The van der Waals surface area contributed by atoms with Gasteiger partial charge in [-0.05, 0) is 12.1 Å². The van der Waals surface area contributed by atoms with E-state index in [0.717, 1.165) is 18.5 Å². The first-order valence-electron chi connectivity index (χ1n) is 6.39. The van der Waals surface area contributed by atoms with Gasteiger partial charge < -0.3 is 18.9 Å². The molecule has 3 rings (SSSR count). The molecule has 1 aromatic rings. The SMILES string of the molecule is Cn1cccc1C(=O)N1CCC2(CC1)OCCO2. The van der Waals surface area contributed by atoms with Gasteiger partial charge in [0.1, 0.15) is 5.69 Å². The number of amides is 1. The van der Waals surface area contributed by atoms with Gasteiger partial charge in [-0.3, -0.25) is 4.79 Å². The van der Waals surface area contributed by atoms with E-state index < -0.39 is 5.79 Å². The van der Waals surface area contributed by atoms with Gasteiger partial charge in [0.15, 0.2) is 5.79 Å². The van der Waals surface area contributed by atoms with E-state index in [1.165, 1.54) is 0 Å². The Hall–Kier alpha value is -1.33. The molecule has 0 radical (unpaired) electrons. The third kappa shape index (κ3) is 1.93. The van der Waals surface area contributed by atoms with Gasteiger partial charge in [-0.15, -0.1) is 0 Å². The highest BCUT2D eigenvalue weighted by atomic mass is 16.7. The first-order chi connectivity index (χ1) is 8.70. The minimum Gasteiger partial charge on any atom is -0.347 e. The molecule has 2 aliphatic rings. The fraction of sp³-hybridized carbons (Fsp3) is 0.615. The highest BCUT2D eigenvalue weighted by Crippen LogP contribution is 2.31. The molecule has 0 atom stereocenters. The van der Waals surface area contributed by atoms with Crippen LogP contribution in [0, 0.1) is 0 Å². The third-order valence-electron chi connectivity index (χ3n) is 3.79. The number of piperidine rings is 1. The summed E-state index contributed by atoms with van der Waals surface area (Å²) in [5, 5.41) is 0. The van der Waals surface area contributed by atoms with Crippen LogP contribution in [0.2, 0.25) is 0 Å². The number of aromatic nitrogens is 1. The largest absolute Gasteiger partial charge is 0.347 e. The van der Waals surface area contributed by atoms with E-state index in [1.54, 1.807) is 0 Å². The van der Waals surface area contributed by atoms with E-state index >= 15 is 0 Å². The zero-order valence-corrected chi connectivity index (χ0v) is 10.6. The molecule has 2 saturated heterocycles. The first kappa shape index (κ1) is 11.7. The average Bonchev–Trinajstić information content (AvgIpc) is 2.99. The number of carbonyl (C=O) groups is 1. The summed E-state index contributed by atoms with van der Waals surface area (Å²) < 4.78 is 13.2. The Bertz CT molecular complexity index is 439. The number of aryl methyl sites for hydroxylation is 1. The molecular weight excluding hydrogens is 232 g/mol. The van der Waals surface area contributed by atoms with E-state index in [-0.39, 0.29) is 5.91 Å². The summed E-state index contributed by atoms with van der Waals surface area (Å²) in [5.74, 6) is -0.319. The maximum Gasteiger partial charge on any atom is 0.270 e. The zero-order chi connectivity index (χ0) is 12.6. The van der Waals surface area contributed by atoms with E-state index in [4.69, 9.17) is 9.47 Å². The van der Waals surface area contributed by atoms with E-state index in [1.807, 2.05) is 34.8 Å². The van der Waals surface area contributed by atoms with Crippen molar-refractivity contribution in [2.75, 3.05) is 26.3 Å². The van der Waals surface area contributed by atoms with Gasteiger partial charge in [-0.2, -0.15) is 0 Å². The Morgan fingerprint density at radius 1 is 1.28 bits per heavy atom. The van der Waals surface area contributed by atoms with Crippen molar-refractivity contribution in [1.82, 2.24) is 9.47 Å². The van der Waals surface area contributed by atoms with Gasteiger partial charge >= 0.3 is 0 Å². The number of rotatable bonds is 1. The van der Waals surface area contributed by atoms with Gasteiger partial charge in [0.05, 0.1) is 13.2 Å². The molecule has 1 spiro atoms. The lowest BCUT2D eigenvalue weighted by atomic mass is 10.0. The Morgan fingerprint density at radius 3 is 2.50 bits per heavy atom. The molecule has 0 aromatic carbocycles. The molecule has 1 amide bonds. The molecule has 0 aliphatic carbocycles. The molecule has 98 valence electrons. The summed E-state index contributed by atoms with van der Waals surface area (Å²) >= 11 is 0. The number of ether oxygens (including phenoxy) is 2. The number of nitrogens with zero attached hydrogens (tertiary/aromatic N) is 2. The second kappa shape index (κ2) is 4.40. The van der Waals surface area contributed by atoms with Crippen LogP contribution in [0.4, 0.5) is 0 Å². The van der Waals surface area contributed by atoms with Crippen molar-refractivity contribution in [2.45, 2.75) is 18.6 Å². The molecule has 5 nitrogen and oxygen atoms in total. The number of carbonyl (C=O) groups excluding carboxylic acids is 1. The molecular formula is C13H18N2O3. The van der Waals surface area contributed by atoms with Crippen molar-refractivity contribution in [2.24, 2.45) is 7.05 Å². The van der Waals surface area contributed by atoms with Gasteiger partial charge in [0, 0.05) is 39.2 Å². The quantitative estimate of drug-likeness (QED) is 0.747. The Labute approximate surface area is 106 Å². The predicted octanol–water partition coefficient (Wildman–Crippen LogP) is 1.00. The minimum absolute atomic E-state index is 0.0929. The van der Waals surface area contributed by atoms with Gasteiger partial charge in [0.2, 0.25) is 0 Å². The normalized spacial score (nSPS) is 22.6. The number of likely N-dealkylation sites (tertiary alicyclic amines) is 1.